The minimum atomic E-state index is -3.54. The van der Waals surface area contributed by atoms with Crippen LogP contribution in [-0.4, -0.2) is 31.9 Å². The molecule has 0 spiro atoms. The molecule has 0 heterocycles. The Labute approximate surface area is 105 Å². The molecule has 1 aromatic carbocycles. The van der Waals surface area contributed by atoms with Gasteiger partial charge in [-0.3, -0.25) is 4.72 Å². The Hall–Kier alpha value is -2.02. The van der Waals surface area contributed by atoms with Gasteiger partial charge in [-0.15, -0.1) is 6.58 Å². The van der Waals surface area contributed by atoms with Gasteiger partial charge in [0.1, 0.15) is 5.75 Å². The monoisotopic (exact) mass is 271 g/mol. The van der Waals surface area contributed by atoms with E-state index < -0.39 is 22.6 Å². The smallest absolute Gasteiger partial charge is 0.341 e. The summed E-state index contributed by atoms with van der Waals surface area (Å²) >= 11 is 0. The predicted molar refractivity (Wildman–Crippen MR) is 67.2 cm³/mol. The molecule has 0 aromatic heterocycles. The summed E-state index contributed by atoms with van der Waals surface area (Å²) in [6, 6.07) is 6.19. The standard InChI is InChI=1S/C11H13NO5S/c1-2-7-18(15,16)12-9-5-3-4-6-10(9)17-8-11(13)14/h2-6,12H,1,7-8H2,(H,13,14). The second kappa shape index (κ2) is 6.06. The Morgan fingerprint density at radius 1 is 1.44 bits per heavy atom. The van der Waals surface area contributed by atoms with Gasteiger partial charge in [0, 0.05) is 0 Å². The molecule has 0 atom stereocenters. The van der Waals surface area contributed by atoms with Crippen molar-refractivity contribution in [2.24, 2.45) is 0 Å². The minimum Gasteiger partial charge on any atom is -0.480 e. The van der Waals surface area contributed by atoms with Gasteiger partial charge in [-0.1, -0.05) is 18.2 Å². The number of carboxylic acids is 1. The van der Waals surface area contributed by atoms with Crippen molar-refractivity contribution in [1.29, 1.82) is 0 Å². The second-order valence-corrected chi connectivity index (χ2v) is 5.12. The number of para-hydroxylation sites is 2. The molecule has 0 unspecified atom stereocenters. The third-order valence-electron chi connectivity index (χ3n) is 1.84. The van der Waals surface area contributed by atoms with E-state index in [1.807, 2.05) is 0 Å². The Bertz CT molecular complexity index is 538. The first-order valence-electron chi connectivity index (χ1n) is 4.99. The van der Waals surface area contributed by atoms with Crippen molar-refractivity contribution in [3.05, 3.63) is 36.9 Å². The Kier molecular flexibility index (Phi) is 4.73. The summed E-state index contributed by atoms with van der Waals surface area (Å²) in [5, 5.41) is 8.51. The molecular formula is C11H13NO5S. The van der Waals surface area contributed by atoms with E-state index in [1.165, 1.54) is 18.2 Å². The van der Waals surface area contributed by atoms with Crippen LogP contribution in [0.5, 0.6) is 5.75 Å². The third-order valence-corrected chi connectivity index (χ3v) is 3.05. The molecule has 0 amide bonds. The lowest BCUT2D eigenvalue weighted by atomic mass is 10.3. The molecule has 0 saturated heterocycles. The summed E-state index contributed by atoms with van der Waals surface area (Å²) < 4.78 is 30.3. The van der Waals surface area contributed by atoms with E-state index in [0.29, 0.717) is 0 Å². The highest BCUT2D eigenvalue weighted by Gasteiger charge is 2.12. The maximum absolute atomic E-state index is 11.5. The van der Waals surface area contributed by atoms with Crippen LogP contribution in [0.3, 0.4) is 0 Å². The van der Waals surface area contributed by atoms with Gasteiger partial charge in [0.05, 0.1) is 11.4 Å². The molecule has 18 heavy (non-hydrogen) atoms. The number of nitrogens with one attached hydrogen (secondary N) is 1. The maximum Gasteiger partial charge on any atom is 0.341 e. The third kappa shape index (κ3) is 4.46. The second-order valence-electron chi connectivity index (χ2n) is 3.35. The van der Waals surface area contributed by atoms with Gasteiger partial charge < -0.3 is 9.84 Å². The van der Waals surface area contributed by atoms with Gasteiger partial charge in [0.2, 0.25) is 10.0 Å². The van der Waals surface area contributed by atoms with E-state index in [2.05, 4.69) is 11.3 Å². The molecule has 0 radical (unpaired) electrons. The molecule has 6 nitrogen and oxygen atoms in total. The number of aliphatic carboxylic acids is 1. The van der Waals surface area contributed by atoms with Crippen LogP contribution in [0.25, 0.3) is 0 Å². The van der Waals surface area contributed by atoms with E-state index in [-0.39, 0.29) is 17.2 Å². The summed E-state index contributed by atoms with van der Waals surface area (Å²) in [5.74, 6) is -1.22. The summed E-state index contributed by atoms with van der Waals surface area (Å²) in [6.07, 6.45) is 1.25. The highest BCUT2D eigenvalue weighted by atomic mass is 32.2. The highest BCUT2D eigenvalue weighted by Crippen LogP contribution is 2.24. The minimum absolute atomic E-state index is 0.160. The van der Waals surface area contributed by atoms with Crippen LogP contribution >= 0.6 is 0 Å². The van der Waals surface area contributed by atoms with Gasteiger partial charge in [-0.05, 0) is 12.1 Å². The van der Waals surface area contributed by atoms with Crippen molar-refractivity contribution < 1.29 is 23.1 Å². The zero-order valence-corrected chi connectivity index (χ0v) is 10.3. The number of benzene rings is 1. The van der Waals surface area contributed by atoms with Crippen LogP contribution in [0.4, 0.5) is 5.69 Å². The molecule has 1 aromatic rings. The fraction of sp³-hybridized carbons (Fsp3) is 0.182. The zero-order valence-electron chi connectivity index (χ0n) is 9.50. The molecule has 0 saturated carbocycles. The maximum atomic E-state index is 11.5. The molecule has 98 valence electrons. The lowest BCUT2D eigenvalue weighted by Crippen LogP contribution is -2.17. The number of hydrogen-bond acceptors (Lipinski definition) is 4. The van der Waals surface area contributed by atoms with Crippen molar-refractivity contribution in [3.8, 4) is 5.75 Å². The van der Waals surface area contributed by atoms with Gasteiger partial charge >= 0.3 is 5.97 Å². The Morgan fingerprint density at radius 2 is 2.11 bits per heavy atom. The van der Waals surface area contributed by atoms with Gasteiger partial charge in [-0.25, -0.2) is 13.2 Å². The molecule has 0 aliphatic heterocycles. The first kappa shape index (κ1) is 14.0. The summed E-state index contributed by atoms with van der Waals surface area (Å²) in [6.45, 7) is 2.80. The normalized spacial score (nSPS) is 10.7. The Morgan fingerprint density at radius 3 is 2.72 bits per heavy atom. The Balaban J connectivity index is 2.88. The van der Waals surface area contributed by atoms with Crippen LogP contribution in [0.1, 0.15) is 0 Å². The number of sulfonamides is 1. The number of anilines is 1. The van der Waals surface area contributed by atoms with E-state index in [9.17, 15) is 13.2 Å². The number of carbonyl (C=O) groups is 1. The molecule has 7 heteroatoms. The van der Waals surface area contributed by atoms with Crippen LogP contribution in [0.15, 0.2) is 36.9 Å². The van der Waals surface area contributed by atoms with Crippen LogP contribution in [0.2, 0.25) is 0 Å². The number of ether oxygens (including phenoxy) is 1. The average molecular weight is 271 g/mol. The molecule has 1 rings (SSSR count). The zero-order chi connectivity index (χ0) is 13.6. The van der Waals surface area contributed by atoms with Gasteiger partial charge in [0.25, 0.3) is 0 Å². The SMILES string of the molecule is C=CCS(=O)(=O)Nc1ccccc1OCC(=O)O. The molecule has 0 bridgehead atoms. The highest BCUT2D eigenvalue weighted by molar-refractivity contribution is 7.92. The number of carboxylic acid groups (broad SMARTS) is 1. The van der Waals surface area contributed by atoms with Crippen LogP contribution < -0.4 is 9.46 Å². The van der Waals surface area contributed by atoms with E-state index in [4.69, 9.17) is 9.84 Å². The van der Waals surface area contributed by atoms with Crippen molar-refractivity contribution in [2.75, 3.05) is 17.1 Å². The van der Waals surface area contributed by atoms with E-state index in [1.54, 1.807) is 12.1 Å². The first-order chi connectivity index (χ1) is 8.44. The van der Waals surface area contributed by atoms with Crippen molar-refractivity contribution >= 4 is 21.7 Å². The predicted octanol–water partition coefficient (Wildman–Crippen LogP) is 1.08. The molecule has 2 N–H and O–H groups in total. The quantitative estimate of drug-likeness (QED) is 0.724. The molecule has 0 aliphatic carbocycles. The molecule has 0 fully saturated rings. The topological polar surface area (TPSA) is 92.7 Å². The summed E-state index contributed by atoms with van der Waals surface area (Å²) in [4.78, 5) is 10.4. The van der Waals surface area contributed by atoms with Crippen molar-refractivity contribution in [3.63, 3.8) is 0 Å². The fourth-order valence-electron chi connectivity index (χ4n) is 1.18. The van der Waals surface area contributed by atoms with Crippen LogP contribution in [0, 0.1) is 0 Å². The molecule has 0 aliphatic rings. The fourth-order valence-corrected chi connectivity index (χ4v) is 2.08. The molecular weight excluding hydrogens is 258 g/mol. The van der Waals surface area contributed by atoms with Crippen LogP contribution in [-0.2, 0) is 14.8 Å². The van der Waals surface area contributed by atoms with Crippen molar-refractivity contribution in [1.82, 2.24) is 0 Å². The van der Waals surface area contributed by atoms with Gasteiger partial charge in [0.15, 0.2) is 6.61 Å². The van der Waals surface area contributed by atoms with Crippen molar-refractivity contribution in [2.45, 2.75) is 0 Å². The number of hydrogen-bond donors (Lipinski definition) is 2. The first-order valence-corrected chi connectivity index (χ1v) is 6.65. The largest absolute Gasteiger partial charge is 0.480 e. The summed E-state index contributed by atoms with van der Waals surface area (Å²) in [5.41, 5.74) is 0.195. The van der Waals surface area contributed by atoms with E-state index >= 15 is 0 Å². The van der Waals surface area contributed by atoms with E-state index in [0.717, 1.165) is 0 Å². The van der Waals surface area contributed by atoms with Gasteiger partial charge in [-0.2, -0.15) is 0 Å². The average Bonchev–Trinajstić information content (AvgIpc) is 2.27. The summed E-state index contributed by atoms with van der Waals surface area (Å²) in [7, 11) is -3.54. The lowest BCUT2D eigenvalue weighted by Gasteiger charge is -2.11. The number of rotatable bonds is 7. The lowest BCUT2D eigenvalue weighted by molar-refractivity contribution is -0.139.